The van der Waals surface area contributed by atoms with Gasteiger partial charge < -0.3 is 30.3 Å². The van der Waals surface area contributed by atoms with E-state index in [1.165, 1.54) is 12.0 Å². The molecule has 10 nitrogen and oxygen atoms in total. The van der Waals surface area contributed by atoms with Crippen molar-refractivity contribution in [1.29, 1.82) is 0 Å². The minimum atomic E-state index is -0.885. The van der Waals surface area contributed by atoms with Gasteiger partial charge in [0.25, 0.3) is 5.91 Å². The van der Waals surface area contributed by atoms with Crippen LogP contribution in [0.25, 0.3) is 0 Å². The molecular formula is C30H40N4O6. The Balaban J connectivity index is 1.89. The smallest absolute Gasteiger partial charge is 0.258 e. The molecule has 0 saturated heterocycles. The van der Waals surface area contributed by atoms with Crippen LogP contribution in [0, 0.1) is 5.92 Å². The summed E-state index contributed by atoms with van der Waals surface area (Å²) >= 11 is 0. The molecular weight excluding hydrogens is 512 g/mol. The van der Waals surface area contributed by atoms with Crippen molar-refractivity contribution >= 4 is 23.6 Å². The number of hydrogen-bond donors (Lipinski definition) is 3. The van der Waals surface area contributed by atoms with Crippen molar-refractivity contribution in [3.8, 4) is 5.75 Å². The molecule has 216 valence electrons. The van der Waals surface area contributed by atoms with Crippen molar-refractivity contribution in [2.75, 3.05) is 33.4 Å². The van der Waals surface area contributed by atoms with Crippen molar-refractivity contribution in [2.24, 2.45) is 5.92 Å². The van der Waals surface area contributed by atoms with E-state index >= 15 is 0 Å². The van der Waals surface area contributed by atoms with Crippen molar-refractivity contribution < 1.29 is 28.7 Å². The Morgan fingerprint density at radius 3 is 2.38 bits per heavy atom. The third-order valence-electron chi connectivity index (χ3n) is 6.60. The average Bonchev–Trinajstić information content (AvgIpc) is 2.93. The lowest BCUT2D eigenvalue weighted by atomic mass is 10.0. The summed E-state index contributed by atoms with van der Waals surface area (Å²) in [5, 5.41) is 8.58. The highest BCUT2D eigenvalue weighted by Gasteiger charge is 2.30. The molecule has 0 aromatic heterocycles. The van der Waals surface area contributed by atoms with Crippen LogP contribution in [0.3, 0.4) is 0 Å². The van der Waals surface area contributed by atoms with Crippen LogP contribution in [0.2, 0.25) is 0 Å². The Hall–Kier alpha value is -3.92. The molecule has 0 aliphatic carbocycles. The molecule has 0 spiro atoms. The summed E-state index contributed by atoms with van der Waals surface area (Å²) in [4.78, 5) is 54.2. The number of methoxy groups -OCH3 is 1. The van der Waals surface area contributed by atoms with Gasteiger partial charge in [0.2, 0.25) is 17.7 Å². The zero-order chi connectivity index (χ0) is 29.1. The fraction of sp³-hybridized carbons (Fsp3) is 0.467. The van der Waals surface area contributed by atoms with Crippen molar-refractivity contribution in [3.63, 3.8) is 0 Å². The number of carbonyl (C=O) groups is 4. The van der Waals surface area contributed by atoms with Gasteiger partial charge in [0, 0.05) is 20.1 Å². The largest absolute Gasteiger partial charge is 0.484 e. The van der Waals surface area contributed by atoms with E-state index in [0.717, 1.165) is 11.1 Å². The van der Waals surface area contributed by atoms with E-state index in [4.69, 9.17) is 9.47 Å². The first-order valence-electron chi connectivity index (χ1n) is 13.6. The molecule has 4 amide bonds. The molecule has 2 heterocycles. The van der Waals surface area contributed by atoms with E-state index in [-0.39, 0.29) is 50.6 Å². The first-order chi connectivity index (χ1) is 19.2. The maximum Gasteiger partial charge on any atom is 0.258 e. The average molecular weight is 553 g/mol. The van der Waals surface area contributed by atoms with Gasteiger partial charge in [-0.2, -0.15) is 0 Å². The molecule has 2 aliphatic rings. The molecule has 0 saturated carbocycles. The van der Waals surface area contributed by atoms with Crippen LogP contribution in [-0.4, -0.2) is 74.0 Å². The number of rotatable bonds is 8. The van der Waals surface area contributed by atoms with Crippen molar-refractivity contribution in [2.45, 2.75) is 51.7 Å². The number of nitrogens with zero attached hydrogens (tertiary/aromatic N) is 1. The van der Waals surface area contributed by atoms with Gasteiger partial charge >= 0.3 is 0 Å². The molecule has 10 heteroatoms. The molecule has 2 aliphatic heterocycles. The van der Waals surface area contributed by atoms with Crippen LogP contribution in [0.5, 0.6) is 5.75 Å². The third-order valence-corrected chi connectivity index (χ3v) is 6.60. The number of amides is 4. The first-order valence-corrected chi connectivity index (χ1v) is 13.6. The van der Waals surface area contributed by atoms with Gasteiger partial charge in [0.15, 0.2) is 6.61 Å². The Bertz CT molecular complexity index is 1140. The summed E-state index contributed by atoms with van der Waals surface area (Å²) in [7, 11) is 1.51. The second kappa shape index (κ2) is 15.0. The van der Waals surface area contributed by atoms with Gasteiger partial charge in [-0.05, 0) is 42.5 Å². The first kappa shape index (κ1) is 30.6. The lowest BCUT2D eigenvalue weighted by Crippen LogP contribution is -2.55. The van der Waals surface area contributed by atoms with E-state index in [1.54, 1.807) is 24.3 Å². The highest BCUT2D eigenvalue weighted by molar-refractivity contribution is 5.93. The predicted molar refractivity (Wildman–Crippen MR) is 150 cm³/mol. The Morgan fingerprint density at radius 2 is 1.73 bits per heavy atom. The predicted octanol–water partition coefficient (Wildman–Crippen LogP) is 1.99. The Labute approximate surface area is 235 Å². The highest BCUT2D eigenvalue weighted by atomic mass is 16.5. The second-order valence-electron chi connectivity index (χ2n) is 10.4. The molecule has 0 unspecified atom stereocenters. The lowest BCUT2D eigenvalue weighted by Gasteiger charge is -2.29. The maximum atomic E-state index is 13.5. The number of ether oxygens (including phenoxy) is 2. The molecule has 0 radical (unpaired) electrons. The van der Waals surface area contributed by atoms with Crippen LogP contribution in [0.1, 0.15) is 44.4 Å². The van der Waals surface area contributed by atoms with Crippen LogP contribution in [-0.2, 0) is 30.3 Å². The van der Waals surface area contributed by atoms with Gasteiger partial charge in [-0.25, -0.2) is 0 Å². The standard InChI is InChI=1S/C30H40N4O6/c1-20(2)16-26-30(38)34(14-15-39-4)18-27(35)32-25(29(37)31-21(3)23-8-6-5-7-9-23)17-22-10-12-24(13-11-22)40-19-28(36)33-26/h5-13,20-21,25-26H,14-19H2,1-4H3,(H,31,37)(H,32,35)(H,33,36)/t21-,25-,26-/m0/s1. The summed E-state index contributed by atoms with van der Waals surface area (Å²) in [6.45, 7) is 5.57. The molecule has 0 fully saturated rings. The van der Waals surface area contributed by atoms with E-state index in [1.807, 2.05) is 51.1 Å². The van der Waals surface area contributed by atoms with Crippen LogP contribution in [0.4, 0.5) is 0 Å². The summed E-state index contributed by atoms with van der Waals surface area (Å²) < 4.78 is 10.8. The quantitative estimate of drug-likeness (QED) is 0.430. The summed E-state index contributed by atoms with van der Waals surface area (Å²) in [6, 6.07) is 14.5. The van der Waals surface area contributed by atoms with E-state index in [2.05, 4.69) is 16.0 Å². The number of hydrogen-bond acceptors (Lipinski definition) is 6. The van der Waals surface area contributed by atoms with Crippen LogP contribution < -0.4 is 20.7 Å². The molecule has 2 aromatic carbocycles. The topological polar surface area (TPSA) is 126 Å². The highest BCUT2D eigenvalue weighted by Crippen LogP contribution is 2.16. The minimum absolute atomic E-state index is 0.103. The lowest BCUT2D eigenvalue weighted by molar-refractivity contribution is -0.141. The van der Waals surface area contributed by atoms with Gasteiger partial charge in [-0.15, -0.1) is 0 Å². The normalized spacial score (nSPS) is 19.5. The van der Waals surface area contributed by atoms with Gasteiger partial charge in [-0.1, -0.05) is 56.3 Å². The van der Waals surface area contributed by atoms with Crippen molar-refractivity contribution in [3.05, 3.63) is 65.7 Å². The van der Waals surface area contributed by atoms with Crippen LogP contribution >= 0.6 is 0 Å². The molecule has 3 atom stereocenters. The zero-order valence-electron chi connectivity index (χ0n) is 23.6. The molecule has 2 bridgehead atoms. The summed E-state index contributed by atoms with van der Waals surface area (Å²) in [5.41, 5.74) is 1.73. The molecule has 40 heavy (non-hydrogen) atoms. The monoisotopic (exact) mass is 552 g/mol. The number of nitrogens with one attached hydrogen (secondary N) is 3. The fourth-order valence-corrected chi connectivity index (χ4v) is 4.49. The summed E-state index contributed by atoms with van der Waals surface area (Å²) in [6.07, 6.45) is 0.606. The minimum Gasteiger partial charge on any atom is -0.484 e. The van der Waals surface area contributed by atoms with Crippen molar-refractivity contribution in [1.82, 2.24) is 20.9 Å². The second-order valence-corrected chi connectivity index (χ2v) is 10.4. The number of carbonyl (C=O) groups excluding carboxylic acids is 4. The van der Waals surface area contributed by atoms with Gasteiger partial charge in [0.05, 0.1) is 19.2 Å². The molecule has 3 N–H and O–H groups in total. The Morgan fingerprint density at radius 1 is 1.02 bits per heavy atom. The van der Waals surface area contributed by atoms with Crippen LogP contribution in [0.15, 0.2) is 54.6 Å². The Kier molecular flexibility index (Phi) is 11.5. The fourth-order valence-electron chi connectivity index (χ4n) is 4.49. The zero-order valence-corrected chi connectivity index (χ0v) is 23.6. The van der Waals surface area contributed by atoms with E-state index < -0.39 is 29.8 Å². The maximum absolute atomic E-state index is 13.5. The summed E-state index contributed by atoms with van der Waals surface area (Å²) in [5.74, 6) is -1.09. The van der Waals surface area contributed by atoms with Gasteiger partial charge in [0.1, 0.15) is 17.8 Å². The SMILES string of the molecule is COCCN1CC(=O)N[C@H](C(=O)N[C@@H](C)c2ccccc2)Cc2ccc(cc2)OCC(=O)N[C@@H](CC(C)C)C1=O. The van der Waals surface area contributed by atoms with E-state index in [0.29, 0.717) is 12.2 Å². The molecule has 4 rings (SSSR count). The molecule has 2 aromatic rings. The third kappa shape index (κ3) is 9.37. The number of benzene rings is 2. The number of fused-ring (bicyclic) bond motifs is 13. The van der Waals surface area contributed by atoms with Gasteiger partial charge in [-0.3, -0.25) is 19.2 Å². The van der Waals surface area contributed by atoms with E-state index in [9.17, 15) is 19.2 Å².